The molecule has 22 heavy (non-hydrogen) atoms. The van der Waals surface area contributed by atoms with Gasteiger partial charge >= 0.3 is 0 Å². The number of amides is 1. The molecule has 1 amide bonds. The molecule has 1 aliphatic rings. The van der Waals surface area contributed by atoms with Crippen molar-refractivity contribution in [1.82, 2.24) is 0 Å². The van der Waals surface area contributed by atoms with E-state index in [2.05, 4.69) is 29.6 Å². The van der Waals surface area contributed by atoms with Crippen LogP contribution in [0.25, 0.3) is 0 Å². The summed E-state index contributed by atoms with van der Waals surface area (Å²) in [4.78, 5) is 12.1. The fourth-order valence-corrected chi connectivity index (χ4v) is 3.30. The first-order valence-electron chi connectivity index (χ1n) is 7.81. The van der Waals surface area contributed by atoms with E-state index in [9.17, 15) is 9.18 Å². The van der Waals surface area contributed by atoms with Gasteiger partial charge in [-0.25, -0.2) is 4.39 Å². The highest BCUT2D eigenvalue weighted by molar-refractivity contribution is 5.90. The number of hydrogen-bond donors (Lipinski definition) is 1. The van der Waals surface area contributed by atoms with Gasteiger partial charge in [0.25, 0.3) is 0 Å². The highest BCUT2D eigenvalue weighted by Crippen LogP contribution is 2.39. The number of benzene rings is 2. The average Bonchev–Trinajstić information content (AvgIpc) is 2.99. The Morgan fingerprint density at radius 3 is 2.50 bits per heavy atom. The van der Waals surface area contributed by atoms with E-state index in [4.69, 9.17) is 0 Å². The third-order valence-electron chi connectivity index (χ3n) is 4.41. The largest absolute Gasteiger partial charge is 0.326 e. The van der Waals surface area contributed by atoms with Gasteiger partial charge < -0.3 is 5.32 Å². The predicted octanol–water partition coefficient (Wildman–Crippen LogP) is 4.74. The van der Waals surface area contributed by atoms with Crippen LogP contribution < -0.4 is 5.32 Å². The summed E-state index contributed by atoms with van der Waals surface area (Å²) >= 11 is 0. The molecule has 0 saturated heterocycles. The zero-order valence-corrected chi connectivity index (χ0v) is 12.5. The first kappa shape index (κ1) is 14.8. The van der Waals surface area contributed by atoms with E-state index >= 15 is 0 Å². The first-order valence-corrected chi connectivity index (χ1v) is 7.81. The van der Waals surface area contributed by atoms with Crippen molar-refractivity contribution in [2.45, 2.75) is 31.6 Å². The molecule has 0 aliphatic heterocycles. The quantitative estimate of drug-likeness (QED) is 0.867. The summed E-state index contributed by atoms with van der Waals surface area (Å²) in [6.07, 6.45) is 3.86. The zero-order valence-electron chi connectivity index (χ0n) is 12.5. The molecular weight excluding hydrogens is 277 g/mol. The Morgan fingerprint density at radius 1 is 1.05 bits per heavy atom. The van der Waals surface area contributed by atoms with E-state index in [0.29, 0.717) is 23.9 Å². The predicted molar refractivity (Wildman–Crippen MR) is 86.2 cm³/mol. The van der Waals surface area contributed by atoms with Crippen molar-refractivity contribution in [3.8, 4) is 0 Å². The van der Waals surface area contributed by atoms with E-state index in [-0.39, 0.29) is 11.7 Å². The minimum absolute atomic E-state index is 0.0188. The van der Waals surface area contributed by atoms with Crippen molar-refractivity contribution < 1.29 is 9.18 Å². The van der Waals surface area contributed by atoms with E-state index in [1.807, 2.05) is 6.07 Å². The fourth-order valence-electron chi connectivity index (χ4n) is 3.30. The fraction of sp³-hybridized carbons (Fsp3) is 0.316. The van der Waals surface area contributed by atoms with Crippen molar-refractivity contribution in [2.75, 3.05) is 5.32 Å². The van der Waals surface area contributed by atoms with Crippen LogP contribution in [0.15, 0.2) is 54.6 Å². The van der Waals surface area contributed by atoms with Gasteiger partial charge in [0.15, 0.2) is 0 Å². The SMILES string of the molecule is O=C(CC1CC[C@H](c2ccccc2)C1)Nc1ccc(F)cc1. The molecule has 0 spiro atoms. The van der Waals surface area contributed by atoms with Gasteiger partial charge in [0, 0.05) is 12.1 Å². The Balaban J connectivity index is 1.51. The van der Waals surface area contributed by atoms with Gasteiger partial charge in [-0.1, -0.05) is 30.3 Å². The molecule has 2 aromatic carbocycles. The maximum atomic E-state index is 12.8. The normalized spacial score (nSPS) is 20.8. The van der Waals surface area contributed by atoms with Gasteiger partial charge in [0.2, 0.25) is 5.91 Å². The topological polar surface area (TPSA) is 29.1 Å². The molecule has 2 nitrogen and oxygen atoms in total. The number of hydrogen-bond acceptors (Lipinski definition) is 1. The highest BCUT2D eigenvalue weighted by atomic mass is 19.1. The lowest BCUT2D eigenvalue weighted by Crippen LogP contribution is -2.15. The summed E-state index contributed by atoms with van der Waals surface area (Å²) in [7, 11) is 0. The molecule has 0 heterocycles. The van der Waals surface area contributed by atoms with Crippen molar-refractivity contribution in [3.05, 3.63) is 66.0 Å². The lowest BCUT2D eigenvalue weighted by Gasteiger charge is -2.12. The van der Waals surface area contributed by atoms with Gasteiger partial charge in [-0.2, -0.15) is 0 Å². The second-order valence-electron chi connectivity index (χ2n) is 6.05. The number of carbonyl (C=O) groups excluding carboxylic acids is 1. The van der Waals surface area contributed by atoms with E-state index in [1.54, 1.807) is 12.1 Å². The van der Waals surface area contributed by atoms with Crippen LogP contribution >= 0.6 is 0 Å². The maximum Gasteiger partial charge on any atom is 0.224 e. The summed E-state index contributed by atoms with van der Waals surface area (Å²) < 4.78 is 12.8. The second-order valence-corrected chi connectivity index (χ2v) is 6.05. The van der Waals surface area contributed by atoms with Crippen LogP contribution in [-0.4, -0.2) is 5.91 Å². The minimum atomic E-state index is -0.292. The van der Waals surface area contributed by atoms with Crippen molar-refractivity contribution >= 4 is 11.6 Å². The molecular formula is C19H20FNO. The van der Waals surface area contributed by atoms with Crippen LogP contribution in [0.1, 0.15) is 37.2 Å². The van der Waals surface area contributed by atoms with Crippen LogP contribution in [0, 0.1) is 11.7 Å². The molecule has 0 aromatic heterocycles. The summed E-state index contributed by atoms with van der Waals surface area (Å²) in [5, 5.41) is 2.85. The van der Waals surface area contributed by atoms with Gasteiger partial charge in [-0.15, -0.1) is 0 Å². The smallest absolute Gasteiger partial charge is 0.224 e. The van der Waals surface area contributed by atoms with E-state index < -0.39 is 0 Å². The Kier molecular flexibility index (Phi) is 4.52. The van der Waals surface area contributed by atoms with Gasteiger partial charge in [0.05, 0.1) is 0 Å². The molecule has 1 aliphatic carbocycles. The molecule has 0 bridgehead atoms. The Hall–Kier alpha value is -2.16. The Bertz CT molecular complexity index is 624. The molecule has 2 aromatic rings. The monoisotopic (exact) mass is 297 g/mol. The van der Waals surface area contributed by atoms with Crippen LogP contribution in [-0.2, 0) is 4.79 Å². The lowest BCUT2D eigenvalue weighted by molar-refractivity contribution is -0.117. The van der Waals surface area contributed by atoms with Gasteiger partial charge in [-0.05, 0) is 60.9 Å². The Morgan fingerprint density at radius 2 is 1.77 bits per heavy atom. The maximum absolute atomic E-state index is 12.8. The molecule has 1 N–H and O–H groups in total. The van der Waals surface area contributed by atoms with Gasteiger partial charge in [-0.3, -0.25) is 4.79 Å². The van der Waals surface area contributed by atoms with Crippen molar-refractivity contribution in [1.29, 1.82) is 0 Å². The molecule has 3 heteroatoms. The lowest BCUT2D eigenvalue weighted by atomic mass is 9.95. The number of anilines is 1. The van der Waals surface area contributed by atoms with E-state index in [1.165, 1.54) is 17.7 Å². The van der Waals surface area contributed by atoms with Crippen LogP contribution in [0.4, 0.5) is 10.1 Å². The third kappa shape index (κ3) is 3.73. The van der Waals surface area contributed by atoms with Gasteiger partial charge in [0.1, 0.15) is 5.82 Å². The molecule has 114 valence electrons. The zero-order chi connectivity index (χ0) is 15.4. The first-order chi connectivity index (χ1) is 10.7. The van der Waals surface area contributed by atoms with Crippen LogP contribution in [0.3, 0.4) is 0 Å². The second kappa shape index (κ2) is 6.73. The van der Waals surface area contributed by atoms with Crippen molar-refractivity contribution in [2.24, 2.45) is 5.92 Å². The minimum Gasteiger partial charge on any atom is -0.326 e. The standard InChI is InChI=1S/C19H20FNO/c20-17-8-10-18(11-9-17)21-19(22)13-14-6-7-16(12-14)15-4-2-1-3-5-15/h1-5,8-11,14,16H,6-7,12-13H2,(H,21,22)/t14?,16-/m0/s1. The van der Waals surface area contributed by atoms with Crippen LogP contribution in [0.5, 0.6) is 0 Å². The molecule has 3 rings (SSSR count). The summed E-state index contributed by atoms with van der Waals surface area (Å²) in [5.41, 5.74) is 2.04. The summed E-state index contributed by atoms with van der Waals surface area (Å²) in [6, 6.07) is 16.4. The number of nitrogens with one attached hydrogen (secondary N) is 1. The summed E-state index contributed by atoms with van der Waals surface area (Å²) in [5.74, 6) is 0.736. The highest BCUT2D eigenvalue weighted by Gasteiger charge is 2.27. The summed E-state index contributed by atoms with van der Waals surface area (Å²) in [6.45, 7) is 0. The number of rotatable bonds is 4. The molecule has 1 fully saturated rings. The molecule has 2 atom stereocenters. The number of halogens is 1. The van der Waals surface area contributed by atoms with Crippen LogP contribution in [0.2, 0.25) is 0 Å². The Labute approximate surface area is 130 Å². The van der Waals surface area contributed by atoms with Crippen molar-refractivity contribution in [3.63, 3.8) is 0 Å². The number of carbonyl (C=O) groups is 1. The third-order valence-corrected chi connectivity index (χ3v) is 4.41. The average molecular weight is 297 g/mol. The molecule has 1 saturated carbocycles. The molecule has 1 unspecified atom stereocenters. The molecule has 0 radical (unpaired) electrons. The van der Waals surface area contributed by atoms with E-state index in [0.717, 1.165) is 19.3 Å².